The van der Waals surface area contributed by atoms with E-state index in [4.69, 9.17) is 9.47 Å². The maximum atomic E-state index is 12.2. The average molecular weight is 392 g/mol. The SMILES string of the molecule is CCOc1ccccc1C(=O)NCC(=O)OCC(=O)NC(C)(C)CC(C)(C)C. The highest BCUT2D eigenvalue weighted by atomic mass is 16.5. The molecule has 0 spiro atoms. The molecule has 7 heteroatoms. The van der Waals surface area contributed by atoms with Crippen LogP contribution in [0.1, 0.15) is 58.3 Å². The van der Waals surface area contributed by atoms with Crippen LogP contribution in [0.15, 0.2) is 24.3 Å². The van der Waals surface area contributed by atoms with Crippen LogP contribution >= 0.6 is 0 Å². The van der Waals surface area contributed by atoms with Gasteiger partial charge in [-0.25, -0.2) is 0 Å². The normalized spacial score (nSPS) is 11.5. The standard InChI is InChI=1S/C21H32N2O5/c1-7-27-16-11-9-8-10-15(16)19(26)22-12-18(25)28-13-17(24)23-21(5,6)14-20(2,3)4/h8-11H,7,12-14H2,1-6H3,(H,22,26)(H,23,24). The third-order valence-corrected chi connectivity index (χ3v) is 3.64. The number of para-hydroxylation sites is 1. The van der Waals surface area contributed by atoms with Gasteiger partial charge in [-0.05, 0) is 44.7 Å². The van der Waals surface area contributed by atoms with Gasteiger partial charge in [0.15, 0.2) is 6.61 Å². The Hall–Kier alpha value is -2.57. The van der Waals surface area contributed by atoms with Crippen molar-refractivity contribution in [2.45, 2.75) is 53.5 Å². The van der Waals surface area contributed by atoms with Crippen LogP contribution in [0.2, 0.25) is 0 Å². The van der Waals surface area contributed by atoms with E-state index >= 15 is 0 Å². The zero-order valence-electron chi connectivity index (χ0n) is 17.7. The van der Waals surface area contributed by atoms with Crippen LogP contribution in [0, 0.1) is 5.41 Å². The molecule has 0 fully saturated rings. The van der Waals surface area contributed by atoms with Crippen LogP contribution in [0.4, 0.5) is 0 Å². The zero-order valence-corrected chi connectivity index (χ0v) is 17.7. The number of rotatable bonds is 9. The Morgan fingerprint density at radius 1 is 1.04 bits per heavy atom. The van der Waals surface area contributed by atoms with Gasteiger partial charge in [0.05, 0.1) is 12.2 Å². The van der Waals surface area contributed by atoms with Gasteiger partial charge in [-0.3, -0.25) is 14.4 Å². The van der Waals surface area contributed by atoms with E-state index in [1.807, 2.05) is 20.8 Å². The summed E-state index contributed by atoms with van der Waals surface area (Å²) in [6, 6.07) is 6.76. The van der Waals surface area contributed by atoms with E-state index in [0.717, 1.165) is 6.42 Å². The van der Waals surface area contributed by atoms with Gasteiger partial charge < -0.3 is 20.1 Å². The van der Waals surface area contributed by atoms with Crippen LogP contribution in [0.25, 0.3) is 0 Å². The molecular formula is C21H32N2O5. The maximum absolute atomic E-state index is 12.2. The monoisotopic (exact) mass is 392 g/mol. The lowest BCUT2D eigenvalue weighted by Gasteiger charge is -2.33. The van der Waals surface area contributed by atoms with Gasteiger partial charge in [-0.15, -0.1) is 0 Å². The van der Waals surface area contributed by atoms with Gasteiger partial charge in [0, 0.05) is 5.54 Å². The van der Waals surface area contributed by atoms with Crippen LogP contribution in [-0.2, 0) is 14.3 Å². The quantitative estimate of drug-likeness (QED) is 0.630. The molecule has 0 saturated carbocycles. The minimum atomic E-state index is -0.689. The summed E-state index contributed by atoms with van der Waals surface area (Å²) in [5.74, 6) is -1.07. The summed E-state index contributed by atoms with van der Waals surface area (Å²) in [4.78, 5) is 36.1. The Morgan fingerprint density at radius 3 is 2.29 bits per heavy atom. The first-order chi connectivity index (χ1) is 12.9. The molecule has 0 aliphatic heterocycles. The van der Waals surface area contributed by atoms with Crippen molar-refractivity contribution in [3.8, 4) is 5.75 Å². The Bertz CT molecular complexity index is 692. The molecular weight excluding hydrogens is 360 g/mol. The molecule has 0 atom stereocenters. The van der Waals surface area contributed by atoms with Crippen LogP contribution in [0.3, 0.4) is 0 Å². The summed E-state index contributed by atoms with van der Waals surface area (Å²) in [7, 11) is 0. The molecule has 0 bridgehead atoms. The molecule has 0 saturated heterocycles. The summed E-state index contributed by atoms with van der Waals surface area (Å²) in [5, 5.41) is 5.34. The first-order valence-corrected chi connectivity index (χ1v) is 9.40. The van der Waals surface area contributed by atoms with Gasteiger partial charge in [0.2, 0.25) is 0 Å². The molecule has 0 radical (unpaired) electrons. The van der Waals surface area contributed by atoms with Crippen LogP contribution < -0.4 is 15.4 Å². The second kappa shape index (κ2) is 10.1. The van der Waals surface area contributed by atoms with Crippen LogP contribution in [0.5, 0.6) is 5.75 Å². The maximum Gasteiger partial charge on any atom is 0.325 e. The number of ether oxygens (including phenoxy) is 2. The highest BCUT2D eigenvalue weighted by Gasteiger charge is 2.27. The van der Waals surface area contributed by atoms with E-state index in [0.29, 0.717) is 17.9 Å². The molecule has 2 amide bonds. The molecule has 0 heterocycles. The largest absolute Gasteiger partial charge is 0.493 e. The minimum absolute atomic E-state index is 0.0511. The number of amides is 2. The van der Waals surface area contributed by atoms with E-state index in [9.17, 15) is 14.4 Å². The minimum Gasteiger partial charge on any atom is -0.493 e. The van der Waals surface area contributed by atoms with Gasteiger partial charge in [-0.2, -0.15) is 0 Å². The molecule has 0 aromatic heterocycles. The number of benzene rings is 1. The number of esters is 1. The first-order valence-electron chi connectivity index (χ1n) is 9.40. The highest BCUT2D eigenvalue weighted by Crippen LogP contribution is 2.26. The summed E-state index contributed by atoms with van der Waals surface area (Å²) in [6.45, 7) is 11.6. The average Bonchev–Trinajstić information content (AvgIpc) is 2.56. The van der Waals surface area contributed by atoms with Crippen molar-refractivity contribution in [2.75, 3.05) is 19.8 Å². The van der Waals surface area contributed by atoms with E-state index in [-0.39, 0.29) is 17.9 Å². The van der Waals surface area contributed by atoms with Gasteiger partial charge in [0.1, 0.15) is 12.3 Å². The predicted octanol–water partition coefficient (Wildman–Crippen LogP) is 2.69. The second-order valence-electron chi connectivity index (χ2n) is 8.44. The van der Waals surface area contributed by atoms with Crippen LogP contribution in [-0.4, -0.2) is 43.1 Å². The molecule has 1 aromatic rings. The number of hydrogen-bond acceptors (Lipinski definition) is 5. The van der Waals surface area contributed by atoms with E-state index in [1.165, 1.54) is 0 Å². The lowest BCUT2D eigenvalue weighted by Crippen LogP contribution is -2.47. The summed E-state index contributed by atoms with van der Waals surface area (Å²) < 4.78 is 10.3. The van der Waals surface area contributed by atoms with Crippen molar-refractivity contribution in [1.82, 2.24) is 10.6 Å². The summed E-state index contributed by atoms with van der Waals surface area (Å²) >= 11 is 0. The number of carbonyl (C=O) groups excluding carboxylic acids is 3. The molecule has 7 nitrogen and oxygen atoms in total. The molecule has 2 N–H and O–H groups in total. The lowest BCUT2D eigenvalue weighted by molar-refractivity contribution is -0.148. The van der Waals surface area contributed by atoms with Crippen molar-refractivity contribution in [2.24, 2.45) is 5.41 Å². The van der Waals surface area contributed by atoms with Gasteiger partial charge in [-0.1, -0.05) is 32.9 Å². The Balaban J connectivity index is 2.45. The van der Waals surface area contributed by atoms with Crippen molar-refractivity contribution in [3.63, 3.8) is 0 Å². The van der Waals surface area contributed by atoms with E-state index in [1.54, 1.807) is 24.3 Å². The fourth-order valence-electron chi connectivity index (χ4n) is 3.16. The van der Waals surface area contributed by atoms with Crippen molar-refractivity contribution >= 4 is 17.8 Å². The molecule has 0 aliphatic rings. The van der Waals surface area contributed by atoms with Gasteiger partial charge >= 0.3 is 5.97 Å². The fraction of sp³-hybridized carbons (Fsp3) is 0.571. The summed E-state index contributed by atoms with van der Waals surface area (Å²) in [5.41, 5.74) is -0.0344. The zero-order chi connectivity index (χ0) is 21.4. The molecule has 0 aliphatic carbocycles. The first kappa shape index (κ1) is 23.5. The van der Waals surface area contributed by atoms with Gasteiger partial charge in [0.25, 0.3) is 11.8 Å². The lowest BCUT2D eigenvalue weighted by atomic mass is 9.82. The third kappa shape index (κ3) is 8.88. The third-order valence-electron chi connectivity index (χ3n) is 3.64. The Morgan fingerprint density at radius 2 is 1.68 bits per heavy atom. The smallest absolute Gasteiger partial charge is 0.325 e. The molecule has 156 valence electrons. The molecule has 1 rings (SSSR count). The second-order valence-corrected chi connectivity index (χ2v) is 8.44. The molecule has 1 aromatic carbocycles. The van der Waals surface area contributed by atoms with Crippen molar-refractivity contribution < 1.29 is 23.9 Å². The van der Waals surface area contributed by atoms with E-state index in [2.05, 4.69) is 31.4 Å². The topological polar surface area (TPSA) is 93.7 Å². The summed E-state index contributed by atoms with van der Waals surface area (Å²) in [6.07, 6.45) is 0.773. The van der Waals surface area contributed by atoms with E-state index < -0.39 is 24.0 Å². The Kier molecular flexibility index (Phi) is 8.47. The fourth-order valence-corrected chi connectivity index (χ4v) is 3.16. The predicted molar refractivity (Wildman–Crippen MR) is 107 cm³/mol. The van der Waals surface area contributed by atoms with Crippen molar-refractivity contribution in [3.05, 3.63) is 29.8 Å². The molecule has 28 heavy (non-hydrogen) atoms. The number of nitrogens with one attached hydrogen (secondary N) is 2. The van der Waals surface area contributed by atoms with Crippen molar-refractivity contribution in [1.29, 1.82) is 0 Å². The molecule has 0 unspecified atom stereocenters. The number of hydrogen-bond donors (Lipinski definition) is 2. The Labute approximate surface area is 167 Å². The number of carbonyl (C=O) groups is 3. The highest BCUT2D eigenvalue weighted by molar-refractivity contribution is 5.98.